The zero-order chi connectivity index (χ0) is 13.8. The number of piperazine rings is 1. The van der Waals surface area contributed by atoms with Crippen LogP contribution in [0.2, 0.25) is 0 Å². The molecule has 2 N–H and O–H groups in total. The summed E-state index contributed by atoms with van der Waals surface area (Å²) in [7, 11) is 0. The van der Waals surface area contributed by atoms with Crippen molar-refractivity contribution in [1.29, 1.82) is 0 Å². The van der Waals surface area contributed by atoms with Gasteiger partial charge in [0.2, 0.25) is 0 Å². The number of halogens is 1. The van der Waals surface area contributed by atoms with Gasteiger partial charge in [-0.05, 0) is 31.0 Å². The van der Waals surface area contributed by atoms with Crippen LogP contribution in [0.4, 0.5) is 5.69 Å². The minimum absolute atomic E-state index is 0.586. The molecule has 106 valence electrons. The Bertz CT molecular complexity index is 414. The molecular weight excluding hydrogens is 302 g/mol. The minimum Gasteiger partial charge on any atom is -0.369 e. The standard InChI is InChI=1S/C15H24BrN3/c1-3-12(2)18-6-8-19(9-7-18)14-5-4-13(11-17)15(16)10-14/h4-5,10,12H,3,6-9,11,17H2,1-2H3. The second-order valence-electron chi connectivity index (χ2n) is 5.26. The van der Waals surface area contributed by atoms with Gasteiger partial charge in [-0.1, -0.05) is 28.9 Å². The summed E-state index contributed by atoms with van der Waals surface area (Å²) >= 11 is 3.60. The molecule has 0 saturated carbocycles. The largest absolute Gasteiger partial charge is 0.369 e. The molecule has 0 aliphatic carbocycles. The third-order valence-electron chi connectivity index (χ3n) is 4.15. The molecule has 3 nitrogen and oxygen atoms in total. The van der Waals surface area contributed by atoms with E-state index >= 15 is 0 Å². The fourth-order valence-corrected chi connectivity index (χ4v) is 3.11. The van der Waals surface area contributed by atoms with Gasteiger partial charge in [0.1, 0.15) is 0 Å². The lowest BCUT2D eigenvalue weighted by Crippen LogP contribution is -2.49. The molecule has 1 heterocycles. The van der Waals surface area contributed by atoms with Gasteiger partial charge in [-0.3, -0.25) is 4.90 Å². The second kappa shape index (κ2) is 6.73. The molecule has 1 aromatic carbocycles. The van der Waals surface area contributed by atoms with E-state index in [4.69, 9.17) is 5.73 Å². The normalized spacial score (nSPS) is 18.6. The van der Waals surface area contributed by atoms with Crippen LogP contribution < -0.4 is 10.6 Å². The maximum absolute atomic E-state index is 5.70. The number of benzene rings is 1. The van der Waals surface area contributed by atoms with Gasteiger partial charge in [0.05, 0.1) is 0 Å². The van der Waals surface area contributed by atoms with E-state index in [1.807, 2.05) is 0 Å². The summed E-state index contributed by atoms with van der Waals surface area (Å²) in [5, 5.41) is 0. The van der Waals surface area contributed by atoms with Crippen LogP contribution in [0.15, 0.2) is 22.7 Å². The van der Waals surface area contributed by atoms with Gasteiger partial charge in [-0.15, -0.1) is 0 Å². The van der Waals surface area contributed by atoms with Crippen LogP contribution in [0.3, 0.4) is 0 Å². The van der Waals surface area contributed by atoms with Crippen LogP contribution in [0, 0.1) is 0 Å². The molecule has 1 fully saturated rings. The third-order valence-corrected chi connectivity index (χ3v) is 4.89. The second-order valence-corrected chi connectivity index (χ2v) is 6.11. The van der Waals surface area contributed by atoms with Crippen LogP contribution in [-0.2, 0) is 6.54 Å². The van der Waals surface area contributed by atoms with Crippen LogP contribution >= 0.6 is 15.9 Å². The van der Waals surface area contributed by atoms with E-state index in [2.05, 4.69) is 57.8 Å². The number of hydrogen-bond donors (Lipinski definition) is 1. The molecule has 0 spiro atoms. The molecule has 2 rings (SSSR count). The predicted octanol–water partition coefficient (Wildman–Crippen LogP) is 2.83. The lowest BCUT2D eigenvalue weighted by atomic mass is 10.1. The predicted molar refractivity (Wildman–Crippen MR) is 85.6 cm³/mol. The van der Waals surface area contributed by atoms with Crippen molar-refractivity contribution in [3.8, 4) is 0 Å². The number of nitrogens with zero attached hydrogens (tertiary/aromatic N) is 2. The van der Waals surface area contributed by atoms with Gasteiger partial charge in [0.15, 0.2) is 0 Å². The Morgan fingerprint density at radius 1 is 1.26 bits per heavy atom. The zero-order valence-electron chi connectivity index (χ0n) is 11.9. The van der Waals surface area contributed by atoms with E-state index in [9.17, 15) is 0 Å². The summed E-state index contributed by atoms with van der Waals surface area (Å²) in [5.74, 6) is 0. The van der Waals surface area contributed by atoms with Crippen LogP contribution in [0.5, 0.6) is 0 Å². The molecule has 4 heteroatoms. The number of rotatable bonds is 4. The highest BCUT2D eigenvalue weighted by atomic mass is 79.9. The summed E-state index contributed by atoms with van der Waals surface area (Å²) in [4.78, 5) is 5.05. The highest BCUT2D eigenvalue weighted by Crippen LogP contribution is 2.25. The van der Waals surface area contributed by atoms with Crippen molar-refractivity contribution in [2.75, 3.05) is 31.1 Å². The van der Waals surface area contributed by atoms with Gasteiger partial charge in [0.25, 0.3) is 0 Å². The molecule has 0 aromatic heterocycles. The van der Waals surface area contributed by atoms with Crippen molar-refractivity contribution in [2.24, 2.45) is 5.73 Å². The fraction of sp³-hybridized carbons (Fsp3) is 0.600. The molecule has 19 heavy (non-hydrogen) atoms. The average Bonchev–Trinajstić information content (AvgIpc) is 2.46. The van der Waals surface area contributed by atoms with Gasteiger partial charge in [0, 0.05) is 48.9 Å². The maximum Gasteiger partial charge on any atom is 0.0378 e. The monoisotopic (exact) mass is 325 g/mol. The van der Waals surface area contributed by atoms with Crippen molar-refractivity contribution in [2.45, 2.75) is 32.9 Å². The first-order chi connectivity index (χ1) is 9.15. The molecule has 1 atom stereocenters. The van der Waals surface area contributed by atoms with Crippen molar-refractivity contribution < 1.29 is 0 Å². The van der Waals surface area contributed by atoms with Crippen LogP contribution in [0.1, 0.15) is 25.8 Å². The topological polar surface area (TPSA) is 32.5 Å². The van der Waals surface area contributed by atoms with Gasteiger partial charge >= 0.3 is 0 Å². The summed E-state index contributed by atoms with van der Waals surface area (Å²) in [5.41, 5.74) is 8.16. The lowest BCUT2D eigenvalue weighted by molar-refractivity contribution is 0.193. The Kier molecular flexibility index (Phi) is 5.25. The smallest absolute Gasteiger partial charge is 0.0378 e. The van der Waals surface area contributed by atoms with Gasteiger partial charge in [-0.25, -0.2) is 0 Å². The van der Waals surface area contributed by atoms with E-state index < -0.39 is 0 Å². The first-order valence-electron chi connectivity index (χ1n) is 7.13. The van der Waals surface area contributed by atoms with Gasteiger partial charge < -0.3 is 10.6 Å². The zero-order valence-corrected chi connectivity index (χ0v) is 13.5. The Morgan fingerprint density at radius 2 is 1.95 bits per heavy atom. The SMILES string of the molecule is CCC(C)N1CCN(c2ccc(CN)c(Br)c2)CC1. The Hall–Kier alpha value is -0.580. The molecule has 0 amide bonds. The Balaban J connectivity index is 1.99. The highest BCUT2D eigenvalue weighted by molar-refractivity contribution is 9.10. The van der Waals surface area contributed by atoms with E-state index in [-0.39, 0.29) is 0 Å². The molecule has 1 aliphatic rings. The molecule has 0 radical (unpaired) electrons. The lowest BCUT2D eigenvalue weighted by Gasteiger charge is -2.39. The first kappa shape index (κ1) is 14.8. The Labute approximate surface area is 124 Å². The molecular formula is C15H24BrN3. The van der Waals surface area contributed by atoms with E-state index in [0.717, 1.165) is 30.7 Å². The summed E-state index contributed by atoms with van der Waals surface area (Å²) in [6.45, 7) is 9.71. The molecule has 0 bridgehead atoms. The van der Waals surface area contributed by atoms with E-state index in [1.165, 1.54) is 17.7 Å². The average molecular weight is 326 g/mol. The summed E-state index contributed by atoms with van der Waals surface area (Å²) in [6, 6.07) is 7.21. The van der Waals surface area contributed by atoms with E-state index in [0.29, 0.717) is 12.6 Å². The maximum atomic E-state index is 5.70. The number of nitrogens with two attached hydrogens (primary N) is 1. The minimum atomic E-state index is 0.586. The number of hydrogen-bond acceptors (Lipinski definition) is 3. The van der Waals surface area contributed by atoms with Crippen molar-refractivity contribution in [1.82, 2.24) is 4.90 Å². The summed E-state index contributed by atoms with van der Waals surface area (Å²) in [6.07, 6.45) is 1.23. The quantitative estimate of drug-likeness (QED) is 0.923. The van der Waals surface area contributed by atoms with Crippen LogP contribution in [0.25, 0.3) is 0 Å². The first-order valence-corrected chi connectivity index (χ1v) is 7.92. The third kappa shape index (κ3) is 3.50. The van der Waals surface area contributed by atoms with Crippen molar-refractivity contribution in [3.05, 3.63) is 28.2 Å². The molecule has 1 aromatic rings. The van der Waals surface area contributed by atoms with Crippen LogP contribution in [-0.4, -0.2) is 37.1 Å². The number of anilines is 1. The molecule has 1 unspecified atom stereocenters. The van der Waals surface area contributed by atoms with Crippen molar-refractivity contribution in [3.63, 3.8) is 0 Å². The highest BCUT2D eigenvalue weighted by Gasteiger charge is 2.20. The Morgan fingerprint density at radius 3 is 2.47 bits per heavy atom. The fourth-order valence-electron chi connectivity index (χ4n) is 2.58. The molecule has 1 aliphatic heterocycles. The molecule has 1 saturated heterocycles. The summed E-state index contributed by atoms with van der Waals surface area (Å²) < 4.78 is 1.12. The van der Waals surface area contributed by atoms with E-state index in [1.54, 1.807) is 0 Å². The van der Waals surface area contributed by atoms with Crippen molar-refractivity contribution >= 4 is 21.6 Å². The van der Waals surface area contributed by atoms with Gasteiger partial charge in [-0.2, -0.15) is 0 Å².